The lowest BCUT2D eigenvalue weighted by Crippen LogP contribution is -2.27. The van der Waals surface area contributed by atoms with E-state index in [2.05, 4.69) is 5.32 Å². The summed E-state index contributed by atoms with van der Waals surface area (Å²) in [6.45, 7) is 1.35. The Balaban J connectivity index is 1.65. The van der Waals surface area contributed by atoms with Crippen LogP contribution in [0.2, 0.25) is 0 Å². The third-order valence-electron chi connectivity index (χ3n) is 5.14. The molecule has 0 atom stereocenters. The van der Waals surface area contributed by atoms with Crippen molar-refractivity contribution in [2.75, 3.05) is 37.5 Å². The van der Waals surface area contributed by atoms with E-state index >= 15 is 0 Å². The molecule has 0 fully saturated rings. The number of anilines is 2. The lowest BCUT2D eigenvalue weighted by molar-refractivity contribution is -0.119. The fraction of sp³-hybridized carbons (Fsp3) is 0.200. The van der Waals surface area contributed by atoms with Gasteiger partial charge in [0.2, 0.25) is 0 Å². The highest BCUT2D eigenvalue weighted by molar-refractivity contribution is 7.92. The van der Waals surface area contributed by atoms with Crippen molar-refractivity contribution in [1.82, 2.24) is 0 Å². The zero-order valence-electron chi connectivity index (χ0n) is 19.8. The highest BCUT2D eigenvalue weighted by Crippen LogP contribution is 2.31. The van der Waals surface area contributed by atoms with Gasteiger partial charge in [0.1, 0.15) is 11.5 Å². The lowest BCUT2D eigenvalue weighted by Gasteiger charge is -2.21. The number of ether oxygens (including phenoxy) is 3. The number of sulfonamides is 1. The van der Waals surface area contributed by atoms with Gasteiger partial charge in [-0.25, -0.2) is 13.2 Å². The Morgan fingerprint density at radius 1 is 0.914 bits per heavy atom. The maximum absolute atomic E-state index is 13.0. The van der Waals surface area contributed by atoms with E-state index in [1.54, 1.807) is 36.4 Å². The summed E-state index contributed by atoms with van der Waals surface area (Å²) < 4.78 is 42.7. The molecule has 0 aliphatic carbocycles. The van der Waals surface area contributed by atoms with Crippen molar-refractivity contribution in [3.63, 3.8) is 0 Å². The molecule has 0 saturated carbocycles. The van der Waals surface area contributed by atoms with Crippen LogP contribution in [0.4, 0.5) is 11.4 Å². The van der Waals surface area contributed by atoms with E-state index in [0.29, 0.717) is 22.9 Å². The molecule has 0 saturated heterocycles. The van der Waals surface area contributed by atoms with E-state index in [-0.39, 0.29) is 10.5 Å². The van der Waals surface area contributed by atoms with Gasteiger partial charge in [0.25, 0.3) is 15.9 Å². The second-order valence-electron chi connectivity index (χ2n) is 7.50. The number of rotatable bonds is 9. The number of nitrogens with one attached hydrogen (secondary N) is 1. The Bertz CT molecular complexity index is 1320. The molecule has 35 heavy (non-hydrogen) atoms. The maximum atomic E-state index is 13.0. The molecule has 0 heterocycles. The van der Waals surface area contributed by atoms with Gasteiger partial charge < -0.3 is 19.5 Å². The number of hydrogen-bond acceptors (Lipinski definition) is 7. The number of amides is 1. The summed E-state index contributed by atoms with van der Waals surface area (Å²) in [5.74, 6) is -0.427. The number of methoxy groups -OCH3 is 2. The molecule has 0 aliphatic heterocycles. The minimum absolute atomic E-state index is 0.0215. The molecule has 0 aromatic heterocycles. The standard InChI is InChI=1S/C25H26N2O7S/c1-17-9-14-22(32-3)20(15-17)26-24(28)16-34-25(29)18-10-12-19(13-11-18)35(30,31)27(2)21-7-5-6-8-23(21)33-4/h5-15H,16H2,1-4H3,(H,26,28). The number of carbonyl (C=O) groups excluding carboxylic acids is 2. The number of para-hydroxylation sites is 2. The molecule has 0 unspecified atom stereocenters. The fourth-order valence-corrected chi connectivity index (χ4v) is 4.47. The van der Waals surface area contributed by atoms with Crippen LogP contribution in [0.15, 0.2) is 71.6 Å². The van der Waals surface area contributed by atoms with E-state index in [1.165, 1.54) is 45.5 Å². The molecule has 3 rings (SSSR count). The van der Waals surface area contributed by atoms with Crippen LogP contribution >= 0.6 is 0 Å². The van der Waals surface area contributed by atoms with Crippen molar-refractivity contribution in [3.8, 4) is 11.5 Å². The number of benzene rings is 3. The molecule has 3 aromatic rings. The molecule has 0 aliphatic rings. The molecule has 0 bridgehead atoms. The second kappa shape index (κ2) is 10.9. The average molecular weight is 499 g/mol. The van der Waals surface area contributed by atoms with Crippen molar-refractivity contribution in [2.45, 2.75) is 11.8 Å². The minimum atomic E-state index is -3.91. The van der Waals surface area contributed by atoms with Gasteiger partial charge >= 0.3 is 5.97 Å². The van der Waals surface area contributed by atoms with Crippen LogP contribution in [0.1, 0.15) is 15.9 Å². The Morgan fingerprint density at radius 3 is 2.23 bits per heavy atom. The highest BCUT2D eigenvalue weighted by Gasteiger charge is 2.24. The second-order valence-corrected chi connectivity index (χ2v) is 9.47. The summed E-state index contributed by atoms with van der Waals surface area (Å²) in [5, 5.41) is 2.64. The smallest absolute Gasteiger partial charge is 0.338 e. The first-order valence-electron chi connectivity index (χ1n) is 10.5. The van der Waals surface area contributed by atoms with Crippen molar-refractivity contribution in [3.05, 3.63) is 77.9 Å². The zero-order valence-corrected chi connectivity index (χ0v) is 20.6. The first-order valence-corrected chi connectivity index (χ1v) is 11.9. The summed E-state index contributed by atoms with van der Waals surface area (Å²) in [4.78, 5) is 24.6. The lowest BCUT2D eigenvalue weighted by atomic mass is 10.2. The molecule has 0 spiro atoms. The highest BCUT2D eigenvalue weighted by atomic mass is 32.2. The summed E-state index contributed by atoms with van der Waals surface area (Å²) in [6, 6.07) is 17.3. The third kappa shape index (κ3) is 5.90. The number of nitrogens with zero attached hydrogens (tertiary/aromatic N) is 1. The van der Waals surface area contributed by atoms with Gasteiger partial charge in [-0.15, -0.1) is 0 Å². The van der Waals surface area contributed by atoms with E-state index in [4.69, 9.17) is 14.2 Å². The van der Waals surface area contributed by atoms with E-state index < -0.39 is 28.5 Å². The summed E-state index contributed by atoms with van der Waals surface area (Å²) >= 11 is 0. The fourth-order valence-electron chi connectivity index (χ4n) is 3.26. The molecule has 1 N–H and O–H groups in total. The number of hydrogen-bond donors (Lipinski definition) is 1. The molecule has 10 heteroatoms. The maximum Gasteiger partial charge on any atom is 0.338 e. The Labute approximate surface area is 204 Å². The van der Waals surface area contributed by atoms with Gasteiger partial charge in [0.05, 0.1) is 36.1 Å². The van der Waals surface area contributed by atoms with Crippen LogP contribution in [0.3, 0.4) is 0 Å². The SMILES string of the molecule is COc1ccc(C)cc1NC(=O)COC(=O)c1ccc(S(=O)(=O)N(C)c2ccccc2OC)cc1. The van der Waals surface area contributed by atoms with Gasteiger partial charge in [-0.2, -0.15) is 0 Å². The molecular formula is C25H26N2O7S. The topological polar surface area (TPSA) is 111 Å². The molecule has 0 radical (unpaired) electrons. The third-order valence-corrected chi connectivity index (χ3v) is 6.92. The average Bonchev–Trinajstić information content (AvgIpc) is 2.87. The summed E-state index contributed by atoms with van der Waals surface area (Å²) in [7, 11) is 0.442. The van der Waals surface area contributed by atoms with Crippen molar-refractivity contribution in [2.24, 2.45) is 0 Å². The summed E-state index contributed by atoms with van der Waals surface area (Å²) in [5.41, 5.74) is 1.85. The molecular weight excluding hydrogens is 472 g/mol. The van der Waals surface area contributed by atoms with Gasteiger partial charge in [-0.05, 0) is 61.0 Å². The molecule has 9 nitrogen and oxygen atoms in total. The van der Waals surface area contributed by atoms with Crippen molar-refractivity contribution >= 4 is 33.3 Å². The Kier molecular flexibility index (Phi) is 7.98. The molecule has 1 amide bonds. The minimum Gasteiger partial charge on any atom is -0.495 e. The largest absolute Gasteiger partial charge is 0.495 e. The number of esters is 1. The van der Waals surface area contributed by atoms with Gasteiger partial charge in [-0.1, -0.05) is 18.2 Å². The normalized spacial score (nSPS) is 10.9. The zero-order chi connectivity index (χ0) is 25.6. The predicted molar refractivity (Wildman–Crippen MR) is 132 cm³/mol. The number of carbonyl (C=O) groups is 2. The predicted octanol–water partition coefficient (Wildman–Crippen LogP) is 3.63. The van der Waals surface area contributed by atoms with Crippen molar-refractivity contribution in [1.29, 1.82) is 0 Å². The quantitative estimate of drug-likeness (QED) is 0.449. The van der Waals surface area contributed by atoms with Gasteiger partial charge in [-0.3, -0.25) is 9.10 Å². The molecule has 184 valence electrons. The van der Waals surface area contributed by atoms with E-state index in [0.717, 1.165) is 9.87 Å². The van der Waals surface area contributed by atoms with Crippen LogP contribution in [-0.2, 0) is 19.6 Å². The first-order chi connectivity index (χ1) is 16.7. The molecule has 3 aromatic carbocycles. The van der Waals surface area contributed by atoms with Crippen LogP contribution < -0.4 is 19.1 Å². The monoisotopic (exact) mass is 498 g/mol. The van der Waals surface area contributed by atoms with Crippen LogP contribution in [0.25, 0.3) is 0 Å². The van der Waals surface area contributed by atoms with Crippen molar-refractivity contribution < 1.29 is 32.2 Å². The first kappa shape index (κ1) is 25.6. The van der Waals surface area contributed by atoms with E-state index in [1.807, 2.05) is 13.0 Å². The van der Waals surface area contributed by atoms with E-state index in [9.17, 15) is 18.0 Å². The summed E-state index contributed by atoms with van der Waals surface area (Å²) in [6.07, 6.45) is 0. The number of aryl methyl sites for hydroxylation is 1. The van der Waals surface area contributed by atoms with Crippen LogP contribution in [0, 0.1) is 6.92 Å². The van der Waals surface area contributed by atoms with Gasteiger partial charge in [0, 0.05) is 7.05 Å². The Morgan fingerprint density at radius 2 is 1.57 bits per heavy atom. The Hall–Kier alpha value is -4.05. The van der Waals surface area contributed by atoms with Gasteiger partial charge in [0.15, 0.2) is 6.61 Å². The van der Waals surface area contributed by atoms with Crippen LogP contribution in [-0.4, -0.2) is 48.2 Å². The van der Waals surface area contributed by atoms with Crippen LogP contribution in [0.5, 0.6) is 11.5 Å².